The molecule has 0 aromatic heterocycles. The summed E-state index contributed by atoms with van der Waals surface area (Å²) >= 11 is 0. The molecule has 16 rings (SSSR count). The Morgan fingerprint density at radius 1 is 0.183 bits per heavy atom. The summed E-state index contributed by atoms with van der Waals surface area (Å²) in [4.78, 5) is 90.9. The summed E-state index contributed by atoms with van der Waals surface area (Å²) in [6.45, 7) is 24.2. The molecule has 16 aromatic carbocycles. The van der Waals surface area contributed by atoms with Crippen molar-refractivity contribution in [3.63, 3.8) is 0 Å². The standard InChI is InChI=1S/C102H72O18/c1-7-37-109-79-31-25-61-43-73(19-13-67(61)49-79)97(103)115-91-55-85-86(56-92(91)116-98(104)74-20-14-68-50-80(110-38-8-2)32-26-62(68)44-74)88-58-94(118-100(106)76-22-16-70-52-82(112-40-10-4)34-28-64(70)46-76)96(120-102(108)78-24-18-72-54-84(114-42-12-6)36-30-66(72)48-78)60-90(88)89-59-95(119-101(107)77-23-17-71-53-83(113-41-11-5)35-29-65(71)47-77)93(57-87(85)89)117-99(105)75-21-15-69-51-81(111-39-9-3)33-27-63(69)45-75/h7-36,43-60H,1-6,37-42H2. The zero-order valence-corrected chi connectivity index (χ0v) is 64.5. The molecule has 0 N–H and O–H groups in total. The number of ether oxygens (including phenoxy) is 12. The fourth-order valence-corrected chi connectivity index (χ4v) is 14.0. The summed E-state index contributed by atoms with van der Waals surface area (Å²) in [5.41, 5.74) is 0.624. The lowest BCUT2D eigenvalue weighted by Crippen LogP contribution is -2.14. The Balaban J connectivity index is 0.921. The fraction of sp³-hybridized carbons (Fsp3) is 0.0588. The van der Waals surface area contributed by atoms with Crippen LogP contribution in [0.15, 0.2) is 331 Å². The van der Waals surface area contributed by atoms with Crippen molar-refractivity contribution in [3.8, 4) is 69.0 Å². The minimum absolute atomic E-state index is 0.104. The van der Waals surface area contributed by atoms with Crippen molar-refractivity contribution in [1.29, 1.82) is 0 Å². The second-order valence-electron chi connectivity index (χ2n) is 27.8. The summed E-state index contributed by atoms with van der Waals surface area (Å²) in [7, 11) is 0. The van der Waals surface area contributed by atoms with Crippen LogP contribution >= 0.6 is 0 Å². The molecule has 0 spiro atoms. The third-order valence-electron chi connectivity index (χ3n) is 19.8. The quantitative estimate of drug-likeness (QED) is 0.0177. The number of hydrogen-bond acceptors (Lipinski definition) is 18. The van der Waals surface area contributed by atoms with Gasteiger partial charge >= 0.3 is 35.8 Å². The highest BCUT2D eigenvalue weighted by Gasteiger charge is 2.28. The topological polar surface area (TPSA) is 213 Å². The molecule has 0 atom stereocenters. The van der Waals surface area contributed by atoms with E-state index < -0.39 is 35.8 Å². The summed E-state index contributed by atoms with van der Waals surface area (Å²) in [6.07, 6.45) is 9.79. The molecule has 0 aliphatic heterocycles. The van der Waals surface area contributed by atoms with Crippen LogP contribution in [0.5, 0.6) is 69.0 Å². The SMILES string of the molecule is C=CCOc1ccc2cc(C(=O)Oc3cc4c5cc(OC(=O)c6ccc7cc(OCC=C)ccc7c6)c(OC(=O)c6ccc7cc(OCC=C)ccc7c6)cc5c5cc(OC(=O)c6ccc7cc(OCC=C)ccc7c6)c(OC(=O)c6ccc7cc(OCC=C)ccc7c6)cc5c4cc3OC(=O)c3ccc4cc(OCC=C)ccc4c3)ccc2c1. The van der Waals surface area contributed by atoms with Crippen molar-refractivity contribution in [2.45, 2.75) is 0 Å². The molecule has 0 radical (unpaired) electrons. The molecule has 0 aliphatic rings. The fourth-order valence-electron chi connectivity index (χ4n) is 14.0. The van der Waals surface area contributed by atoms with Crippen molar-refractivity contribution in [2.75, 3.05) is 39.6 Å². The van der Waals surface area contributed by atoms with Gasteiger partial charge in [-0.05, 0) is 279 Å². The van der Waals surface area contributed by atoms with E-state index in [1.807, 2.05) is 36.4 Å². The molecule has 588 valence electrons. The van der Waals surface area contributed by atoms with Gasteiger partial charge in [-0.15, -0.1) is 0 Å². The van der Waals surface area contributed by atoms with Crippen LogP contribution < -0.4 is 56.8 Å². The first-order valence-electron chi connectivity index (χ1n) is 38.1. The molecule has 18 heteroatoms. The van der Waals surface area contributed by atoms with Crippen molar-refractivity contribution < 1.29 is 85.6 Å². The molecule has 0 fully saturated rings. The molecule has 0 unspecified atom stereocenters. The first-order valence-corrected chi connectivity index (χ1v) is 38.1. The second kappa shape index (κ2) is 34.5. The molecular weight excluding hydrogens is 1510 g/mol. The van der Waals surface area contributed by atoms with E-state index >= 15 is 28.8 Å². The predicted octanol–water partition coefficient (Wildman–Crippen LogP) is 22.8. The summed E-state index contributed by atoms with van der Waals surface area (Å²) in [5.74, 6) is -3.41. The summed E-state index contributed by atoms with van der Waals surface area (Å²) < 4.78 is 74.0. The lowest BCUT2D eigenvalue weighted by molar-refractivity contribution is 0.0682. The lowest BCUT2D eigenvalue weighted by Gasteiger charge is -2.19. The van der Waals surface area contributed by atoms with Gasteiger partial charge in [-0.3, -0.25) is 0 Å². The van der Waals surface area contributed by atoms with Crippen LogP contribution in [-0.4, -0.2) is 75.5 Å². The molecular formula is C102H72O18. The third-order valence-corrected chi connectivity index (χ3v) is 19.8. The normalized spacial score (nSPS) is 11.1. The molecule has 0 saturated carbocycles. The van der Waals surface area contributed by atoms with E-state index in [1.165, 1.54) is 36.4 Å². The van der Waals surface area contributed by atoms with Crippen LogP contribution in [0, 0.1) is 0 Å². The minimum Gasteiger partial charge on any atom is -0.490 e. The average Bonchev–Trinajstić information content (AvgIpc) is 0.720. The van der Waals surface area contributed by atoms with Gasteiger partial charge in [-0.25, -0.2) is 28.8 Å². The number of fused-ring (bicyclic) bond motifs is 12. The number of carbonyl (C=O) groups is 6. The van der Waals surface area contributed by atoms with Gasteiger partial charge in [0.2, 0.25) is 0 Å². The number of hydrogen-bond donors (Lipinski definition) is 0. The Labute approximate surface area is 687 Å². The van der Waals surface area contributed by atoms with Crippen molar-refractivity contribution in [2.24, 2.45) is 0 Å². The van der Waals surface area contributed by atoms with E-state index in [1.54, 1.807) is 218 Å². The van der Waals surface area contributed by atoms with Gasteiger partial charge in [0.25, 0.3) is 0 Å². The van der Waals surface area contributed by atoms with Gasteiger partial charge in [0.05, 0.1) is 33.4 Å². The van der Waals surface area contributed by atoms with Gasteiger partial charge in [-0.2, -0.15) is 0 Å². The largest absolute Gasteiger partial charge is 0.490 e. The maximum atomic E-state index is 15.2. The molecule has 0 heterocycles. The molecule has 0 aliphatic carbocycles. The summed E-state index contributed by atoms with van der Waals surface area (Å²) in [6, 6.07) is 71.1. The van der Waals surface area contributed by atoms with Crippen LogP contribution in [0.25, 0.3) is 97.0 Å². The number of carbonyl (C=O) groups excluding carboxylic acids is 6. The highest BCUT2D eigenvalue weighted by Crippen LogP contribution is 2.49. The average molecular weight is 1590 g/mol. The zero-order valence-electron chi connectivity index (χ0n) is 64.5. The van der Waals surface area contributed by atoms with E-state index in [2.05, 4.69) is 39.5 Å². The zero-order chi connectivity index (χ0) is 82.9. The van der Waals surface area contributed by atoms with E-state index in [-0.39, 0.29) is 140 Å². The van der Waals surface area contributed by atoms with Gasteiger partial charge < -0.3 is 56.8 Å². The molecule has 0 bridgehead atoms. The van der Waals surface area contributed by atoms with Crippen LogP contribution in [0.2, 0.25) is 0 Å². The van der Waals surface area contributed by atoms with Gasteiger partial charge in [0.15, 0.2) is 34.5 Å². The monoisotopic (exact) mass is 1580 g/mol. The lowest BCUT2D eigenvalue weighted by atomic mass is 9.93. The van der Waals surface area contributed by atoms with Gasteiger partial charge in [0.1, 0.15) is 74.1 Å². The maximum Gasteiger partial charge on any atom is 0.343 e. The van der Waals surface area contributed by atoms with E-state index in [0.717, 1.165) is 32.3 Å². The van der Waals surface area contributed by atoms with Crippen LogP contribution in [0.1, 0.15) is 62.1 Å². The van der Waals surface area contributed by atoms with E-state index in [0.29, 0.717) is 66.8 Å². The molecule has 0 amide bonds. The molecule has 16 aromatic rings. The number of benzene rings is 16. The Hall–Kier alpha value is -16.1. The van der Waals surface area contributed by atoms with Crippen LogP contribution in [0.4, 0.5) is 0 Å². The highest BCUT2D eigenvalue weighted by molar-refractivity contribution is 6.27. The molecule has 18 nitrogen and oxygen atoms in total. The van der Waals surface area contributed by atoms with Gasteiger partial charge in [0, 0.05) is 0 Å². The Morgan fingerprint density at radius 3 is 0.458 bits per heavy atom. The predicted molar refractivity (Wildman–Crippen MR) is 467 cm³/mol. The highest BCUT2D eigenvalue weighted by atomic mass is 16.6. The van der Waals surface area contributed by atoms with Crippen molar-refractivity contribution in [3.05, 3.63) is 364 Å². The second-order valence-corrected chi connectivity index (χ2v) is 27.8. The Bertz CT molecular complexity index is 5870. The Morgan fingerprint density at radius 2 is 0.317 bits per heavy atom. The molecule has 0 saturated heterocycles. The van der Waals surface area contributed by atoms with Crippen LogP contribution in [0.3, 0.4) is 0 Å². The van der Waals surface area contributed by atoms with Gasteiger partial charge in [-0.1, -0.05) is 149 Å². The first kappa shape index (κ1) is 77.8. The third kappa shape index (κ3) is 16.9. The van der Waals surface area contributed by atoms with Crippen LogP contribution in [-0.2, 0) is 0 Å². The van der Waals surface area contributed by atoms with E-state index in [9.17, 15) is 0 Å². The maximum absolute atomic E-state index is 15.2. The first-order chi connectivity index (χ1) is 58.6. The number of rotatable bonds is 30. The van der Waals surface area contributed by atoms with E-state index in [4.69, 9.17) is 56.8 Å². The smallest absolute Gasteiger partial charge is 0.343 e. The number of esters is 6. The summed E-state index contributed by atoms with van der Waals surface area (Å²) in [5, 5.41) is 9.85. The minimum atomic E-state index is -0.870. The molecule has 120 heavy (non-hydrogen) atoms. The van der Waals surface area contributed by atoms with Crippen molar-refractivity contribution >= 4 is 133 Å². The Kier molecular flexibility index (Phi) is 22.4. The van der Waals surface area contributed by atoms with Crippen molar-refractivity contribution in [1.82, 2.24) is 0 Å².